The van der Waals surface area contributed by atoms with Crippen molar-refractivity contribution in [2.45, 2.75) is 20.0 Å². The van der Waals surface area contributed by atoms with E-state index in [1.165, 1.54) is 0 Å². The summed E-state index contributed by atoms with van der Waals surface area (Å²) >= 11 is 0. The topological polar surface area (TPSA) is 85.1 Å². The lowest BCUT2D eigenvalue weighted by molar-refractivity contribution is 0.0751. The van der Waals surface area contributed by atoms with Gasteiger partial charge >= 0.3 is 6.09 Å². The Kier molecular flexibility index (Phi) is 5.20. The van der Waals surface area contributed by atoms with Crippen LogP contribution in [0.2, 0.25) is 0 Å². The van der Waals surface area contributed by atoms with Crippen LogP contribution in [0, 0.1) is 0 Å². The van der Waals surface area contributed by atoms with E-state index < -0.39 is 0 Å². The number of carbonyl (C=O) groups is 1. The number of hydrogen-bond donors (Lipinski definition) is 0. The predicted molar refractivity (Wildman–Crippen MR) is 108 cm³/mol. The molecule has 9 heteroatoms. The van der Waals surface area contributed by atoms with Crippen molar-refractivity contribution < 1.29 is 14.3 Å². The van der Waals surface area contributed by atoms with Crippen LogP contribution in [0.4, 0.5) is 10.6 Å². The number of fused-ring (bicyclic) bond motifs is 1. The van der Waals surface area contributed by atoms with Crippen molar-refractivity contribution in [1.82, 2.24) is 24.5 Å². The molecular formula is C20H24N6O3. The minimum atomic E-state index is -0.259. The van der Waals surface area contributed by atoms with Gasteiger partial charge < -0.3 is 19.3 Å². The van der Waals surface area contributed by atoms with Crippen LogP contribution in [0.5, 0.6) is 5.88 Å². The summed E-state index contributed by atoms with van der Waals surface area (Å²) in [5.74, 6) is 1.38. The molecule has 0 unspecified atom stereocenters. The highest BCUT2D eigenvalue weighted by Crippen LogP contribution is 2.31. The van der Waals surface area contributed by atoms with E-state index in [1.54, 1.807) is 28.9 Å². The number of rotatable bonds is 4. The number of pyridine rings is 1. The van der Waals surface area contributed by atoms with Crippen LogP contribution in [-0.4, -0.2) is 70.0 Å². The fraction of sp³-hybridized carbons (Fsp3) is 0.400. The second kappa shape index (κ2) is 7.94. The number of ether oxygens (including phenoxy) is 2. The Bertz CT molecular complexity index is 1010. The molecule has 4 heterocycles. The fourth-order valence-electron chi connectivity index (χ4n) is 3.38. The summed E-state index contributed by atoms with van der Waals surface area (Å²) in [6, 6.07) is 5.74. The molecule has 3 aromatic heterocycles. The van der Waals surface area contributed by atoms with E-state index in [2.05, 4.69) is 15.0 Å². The largest absolute Gasteiger partial charge is 0.481 e. The molecule has 0 saturated carbocycles. The van der Waals surface area contributed by atoms with Crippen molar-refractivity contribution in [3.05, 3.63) is 36.8 Å². The van der Waals surface area contributed by atoms with E-state index in [0.717, 1.165) is 22.6 Å². The fourth-order valence-corrected chi connectivity index (χ4v) is 3.38. The smallest absolute Gasteiger partial charge is 0.410 e. The molecule has 0 N–H and O–H groups in total. The van der Waals surface area contributed by atoms with Gasteiger partial charge in [-0.05, 0) is 32.0 Å². The summed E-state index contributed by atoms with van der Waals surface area (Å²) in [4.78, 5) is 25.1. The summed E-state index contributed by atoms with van der Waals surface area (Å²) in [5.41, 5.74) is 2.43. The zero-order valence-electron chi connectivity index (χ0n) is 16.8. The number of anilines is 1. The van der Waals surface area contributed by atoms with Gasteiger partial charge in [-0.3, -0.25) is 0 Å². The summed E-state index contributed by atoms with van der Waals surface area (Å²) in [6.07, 6.45) is 4.98. The lowest BCUT2D eigenvalue weighted by Crippen LogP contribution is -2.49. The van der Waals surface area contributed by atoms with E-state index in [9.17, 15) is 4.79 Å². The van der Waals surface area contributed by atoms with Crippen LogP contribution in [0.3, 0.4) is 0 Å². The van der Waals surface area contributed by atoms with Crippen molar-refractivity contribution in [3.8, 4) is 17.0 Å². The maximum atomic E-state index is 12.1. The summed E-state index contributed by atoms with van der Waals surface area (Å²) in [7, 11) is 1.60. The first kappa shape index (κ1) is 19.0. The lowest BCUT2D eigenvalue weighted by atomic mass is 10.1. The number of hydrogen-bond acceptors (Lipinski definition) is 7. The number of methoxy groups -OCH3 is 1. The van der Waals surface area contributed by atoms with Crippen molar-refractivity contribution in [1.29, 1.82) is 0 Å². The van der Waals surface area contributed by atoms with Gasteiger partial charge in [-0.1, -0.05) is 0 Å². The second-order valence-corrected chi connectivity index (χ2v) is 7.08. The molecule has 1 aliphatic rings. The lowest BCUT2D eigenvalue weighted by Gasteiger charge is -2.35. The molecule has 1 aliphatic heterocycles. The molecule has 0 bridgehead atoms. The van der Waals surface area contributed by atoms with Crippen LogP contribution < -0.4 is 9.64 Å². The van der Waals surface area contributed by atoms with Crippen molar-refractivity contribution in [3.63, 3.8) is 0 Å². The summed E-state index contributed by atoms with van der Waals surface area (Å²) in [6.45, 7) is 6.29. The normalized spacial score (nSPS) is 14.5. The molecule has 0 aliphatic carbocycles. The van der Waals surface area contributed by atoms with Crippen LogP contribution in [0.25, 0.3) is 16.8 Å². The number of nitrogens with zero attached hydrogens (tertiary/aromatic N) is 6. The Hall–Kier alpha value is -3.36. The second-order valence-electron chi connectivity index (χ2n) is 7.08. The van der Waals surface area contributed by atoms with Crippen LogP contribution in [0.1, 0.15) is 13.8 Å². The highest BCUT2D eigenvalue weighted by atomic mass is 16.6. The average Bonchev–Trinajstić information content (AvgIpc) is 3.16. The number of amides is 1. The molecule has 1 saturated heterocycles. The molecule has 1 fully saturated rings. The third-order valence-corrected chi connectivity index (χ3v) is 4.81. The Balaban J connectivity index is 1.56. The monoisotopic (exact) mass is 396 g/mol. The van der Waals surface area contributed by atoms with E-state index in [0.29, 0.717) is 32.1 Å². The minimum Gasteiger partial charge on any atom is -0.481 e. The molecule has 0 atom stereocenters. The first-order valence-electron chi connectivity index (χ1n) is 9.61. The zero-order chi connectivity index (χ0) is 20.4. The molecule has 152 valence electrons. The first-order valence-corrected chi connectivity index (χ1v) is 9.61. The van der Waals surface area contributed by atoms with Gasteiger partial charge in [-0.2, -0.15) is 5.10 Å². The maximum absolute atomic E-state index is 12.1. The van der Waals surface area contributed by atoms with Crippen molar-refractivity contribution in [2.24, 2.45) is 0 Å². The average molecular weight is 396 g/mol. The zero-order valence-corrected chi connectivity index (χ0v) is 16.8. The van der Waals surface area contributed by atoms with Gasteiger partial charge in [0.25, 0.3) is 0 Å². The highest BCUT2D eigenvalue weighted by molar-refractivity contribution is 5.80. The Morgan fingerprint density at radius 2 is 1.93 bits per heavy atom. The Labute approximate surface area is 168 Å². The molecular weight excluding hydrogens is 372 g/mol. The third-order valence-electron chi connectivity index (χ3n) is 4.81. The molecule has 1 amide bonds. The van der Waals surface area contributed by atoms with E-state index in [-0.39, 0.29) is 12.2 Å². The molecule has 29 heavy (non-hydrogen) atoms. The van der Waals surface area contributed by atoms with Crippen LogP contribution in [-0.2, 0) is 4.74 Å². The molecule has 3 aromatic rings. The number of aromatic nitrogens is 4. The van der Waals surface area contributed by atoms with Crippen molar-refractivity contribution >= 4 is 17.6 Å². The molecule has 4 rings (SSSR count). The van der Waals surface area contributed by atoms with Crippen LogP contribution >= 0.6 is 0 Å². The first-order chi connectivity index (χ1) is 14.1. The van der Waals surface area contributed by atoms with E-state index >= 15 is 0 Å². The predicted octanol–water partition coefficient (Wildman–Crippen LogP) is 2.47. The molecule has 9 nitrogen and oxygen atoms in total. The third kappa shape index (κ3) is 3.80. The standard InChI is InChI=1S/C20H24N6O3/c1-14(2)29-20(27)25-11-9-24(10-12-25)17-6-8-26-18(23-17)16(13-22-26)15-5-4-7-21-19(15)28-3/h4-8,13-14H,9-12H2,1-3H3. The maximum Gasteiger partial charge on any atom is 0.410 e. The van der Waals surface area contributed by atoms with E-state index in [4.69, 9.17) is 14.5 Å². The SMILES string of the molecule is COc1ncccc1-c1cnn2ccc(N3CCN(C(=O)OC(C)C)CC3)nc12. The summed E-state index contributed by atoms with van der Waals surface area (Å²) < 4.78 is 12.4. The number of piperazine rings is 1. The van der Waals surface area contributed by atoms with Gasteiger partial charge in [0.05, 0.1) is 25.0 Å². The van der Waals surface area contributed by atoms with Gasteiger partial charge in [0.2, 0.25) is 5.88 Å². The Morgan fingerprint density at radius 1 is 1.14 bits per heavy atom. The Morgan fingerprint density at radius 3 is 2.66 bits per heavy atom. The molecule has 0 spiro atoms. The van der Waals surface area contributed by atoms with Crippen molar-refractivity contribution in [2.75, 3.05) is 38.2 Å². The summed E-state index contributed by atoms with van der Waals surface area (Å²) in [5, 5.41) is 4.40. The molecule has 0 aromatic carbocycles. The number of carbonyl (C=O) groups excluding carboxylic acids is 1. The molecule has 0 radical (unpaired) electrons. The van der Waals surface area contributed by atoms with Gasteiger partial charge in [0.1, 0.15) is 5.82 Å². The minimum absolute atomic E-state index is 0.116. The van der Waals surface area contributed by atoms with Crippen LogP contribution in [0.15, 0.2) is 36.8 Å². The quantitative estimate of drug-likeness (QED) is 0.670. The van der Waals surface area contributed by atoms with Gasteiger partial charge in [-0.25, -0.2) is 19.3 Å². The van der Waals surface area contributed by atoms with Gasteiger partial charge in [-0.15, -0.1) is 0 Å². The highest BCUT2D eigenvalue weighted by Gasteiger charge is 2.24. The van der Waals surface area contributed by atoms with Gasteiger partial charge in [0, 0.05) is 44.1 Å². The van der Waals surface area contributed by atoms with E-state index in [1.807, 2.05) is 38.2 Å². The van der Waals surface area contributed by atoms with Gasteiger partial charge in [0.15, 0.2) is 5.65 Å².